The summed E-state index contributed by atoms with van der Waals surface area (Å²) in [6.45, 7) is 3.17. The molecule has 7 nitrogen and oxygen atoms in total. The van der Waals surface area contributed by atoms with Crippen LogP contribution in [0, 0.1) is 6.92 Å². The topological polar surface area (TPSA) is 88.6 Å². The molecule has 0 saturated carbocycles. The molecule has 1 aromatic heterocycles. The number of nitrogens with one attached hydrogen (secondary N) is 1. The van der Waals surface area contributed by atoms with Gasteiger partial charge in [0.15, 0.2) is 4.34 Å². The van der Waals surface area contributed by atoms with Crippen LogP contribution in [0.15, 0.2) is 63.1 Å². The maximum absolute atomic E-state index is 13.0. The van der Waals surface area contributed by atoms with Gasteiger partial charge in [-0.3, -0.25) is 4.79 Å². The second-order valence-corrected chi connectivity index (χ2v) is 11.2. The van der Waals surface area contributed by atoms with Gasteiger partial charge in [-0.15, -0.1) is 11.3 Å². The van der Waals surface area contributed by atoms with Crippen LogP contribution in [0.1, 0.15) is 5.56 Å². The molecule has 0 aliphatic carbocycles. The minimum Gasteiger partial charge on any atom is -0.379 e. The number of ether oxygens (including phenoxy) is 1. The lowest BCUT2D eigenvalue weighted by Gasteiger charge is -2.26. The Hall–Kier alpha value is -2.24. The first-order chi connectivity index (χ1) is 15.4. The highest BCUT2D eigenvalue weighted by molar-refractivity contribution is 8.01. The van der Waals surface area contributed by atoms with Crippen molar-refractivity contribution in [2.75, 3.05) is 37.4 Å². The maximum atomic E-state index is 13.0. The highest BCUT2D eigenvalue weighted by atomic mass is 32.2. The van der Waals surface area contributed by atoms with Crippen molar-refractivity contribution in [1.82, 2.24) is 9.29 Å². The molecule has 3 aromatic rings. The standard InChI is InChI=1S/C22H23N3O4S3/c1-16-7-8-18(13-20(16)32(27,28)25-9-11-29-12-10-25)23-21(26)15-31-22-24-19(14-30-22)17-5-3-2-4-6-17/h2-8,13-14H,9-12,15H2,1H3,(H,23,26). The molecule has 2 aromatic carbocycles. The fourth-order valence-electron chi connectivity index (χ4n) is 3.27. The Labute approximate surface area is 195 Å². The first kappa shape index (κ1) is 22.9. The number of aromatic nitrogens is 1. The lowest BCUT2D eigenvalue weighted by molar-refractivity contribution is -0.113. The third-order valence-electron chi connectivity index (χ3n) is 4.94. The van der Waals surface area contributed by atoms with E-state index in [0.29, 0.717) is 37.6 Å². The van der Waals surface area contributed by atoms with E-state index in [1.54, 1.807) is 19.1 Å². The monoisotopic (exact) mass is 489 g/mol. The summed E-state index contributed by atoms with van der Waals surface area (Å²) in [6.07, 6.45) is 0. The highest BCUT2D eigenvalue weighted by Gasteiger charge is 2.28. The number of carbonyl (C=O) groups excluding carboxylic acids is 1. The average molecular weight is 490 g/mol. The van der Waals surface area contributed by atoms with Crippen molar-refractivity contribution in [3.8, 4) is 11.3 Å². The Balaban J connectivity index is 1.39. The number of thiazole rings is 1. The van der Waals surface area contributed by atoms with E-state index in [0.717, 1.165) is 15.6 Å². The third-order valence-corrected chi connectivity index (χ3v) is 9.00. The molecule has 0 radical (unpaired) electrons. The Bertz CT molecular complexity index is 1190. The lowest BCUT2D eigenvalue weighted by atomic mass is 10.2. The molecule has 32 heavy (non-hydrogen) atoms. The molecule has 1 fully saturated rings. The first-order valence-corrected chi connectivity index (χ1v) is 13.4. The van der Waals surface area contributed by atoms with Crippen molar-refractivity contribution in [3.05, 3.63) is 59.5 Å². The van der Waals surface area contributed by atoms with E-state index in [1.165, 1.54) is 33.5 Å². The number of amides is 1. The van der Waals surface area contributed by atoms with E-state index in [1.807, 2.05) is 35.7 Å². The van der Waals surface area contributed by atoms with Crippen LogP contribution in [0.2, 0.25) is 0 Å². The second kappa shape index (κ2) is 10.1. The van der Waals surface area contributed by atoms with Crippen molar-refractivity contribution >= 4 is 44.7 Å². The molecular formula is C22H23N3O4S3. The van der Waals surface area contributed by atoms with Crippen LogP contribution < -0.4 is 5.32 Å². The molecule has 1 aliphatic heterocycles. The van der Waals surface area contributed by atoms with E-state index in [2.05, 4.69) is 10.3 Å². The highest BCUT2D eigenvalue weighted by Crippen LogP contribution is 2.29. The quantitative estimate of drug-likeness (QED) is 0.507. The zero-order chi connectivity index (χ0) is 22.6. The number of hydrogen-bond donors (Lipinski definition) is 1. The summed E-state index contributed by atoms with van der Waals surface area (Å²) in [4.78, 5) is 17.3. The number of benzene rings is 2. The van der Waals surface area contributed by atoms with Crippen molar-refractivity contribution in [3.63, 3.8) is 0 Å². The van der Waals surface area contributed by atoms with Gasteiger partial charge in [0.1, 0.15) is 0 Å². The van der Waals surface area contributed by atoms with E-state index in [9.17, 15) is 13.2 Å². The predicted molar refractivity (Wildman–Crippen MR) is 128 cm³/mol. The van der Waals surface area contributed by atoms with Crippen molar-refractivity contribution in [2.24, 2.45) is 0 Å². The summed E-state index contributed by atoms with van der Waals surface area (Å²) in [6, 6.07) is 14.8. The molecule has 1 saturated heterocycles. The van der Waals surface area contributed by atoms with Crippen LogP contribution in [0.5, 0.6) is 0 Å². The minimum absolute atomic E-state index is 0.182. The maximum Gasteiger partial charge on any atom is 0.243 e. The molecule has 168 valence electrons. The predicted octanol–water partition coefficient (Wildman–Crippen LogP) is 3.87. The van der Waals surface area contributed by atoms with Gasteiger partial charge in [0, 0.05) is 29.7 Å². The van der Waals surface area contributed by atoms with Crippen molar-refractivity contribution in [2.45, 2.75) is 16.2 Å². The Morgan fingerprint density at radius 1 is 1.19 bits per heavy atom. The van der Waals surface area contributed by atoms with Gasteiger partial charge in [0.2, 0.25) is 15.9 Å². The summed E-state index contributed by atoms with van der Waals surface area (Å²) >= 11 is 2.85. The summed E-state index contributed by atoms with van der Waals surface area (Å²) in [5, 5.41) is 4.77. The largest absolute Gasteiger partial charge is 0.379 e. The van der Waals surface area contributed by atoms with E-state index in [-0.39, 0.29) is 16.6 Å². The van der Waals surface area contributed by atoms with Crippen LogP contribution in [0.25, 0.3) is 11.3 Å². The zero-order valence-electron chi connectivity index (χ0n) is 17.5. The Morgan fingerprint density at radius 2 is 1.94 bits per heavy atom. The summed E-state index contributed by atoms with van der Waals surface area (Å²) in [5.74, 6) is -0.0358. The van der Waals surface area contributed by atoms with Crippen LogP contribution in [-0.2, 0) is 19.6 Å². The fraction of sp³-hybridized carbons (Fsp3) is 0.273. The van der Waals surface area contributed by atoms with Crippen LogP contribution >= 0.6 is 23.1 Å². The number of morpholine rings is 1. The van der Waals surface area contributed by atoms with Crippen LogP contribution in [-0.4, -0.2) is 55.7 Å². The second-order valence-electron chi connectivity index (χ2n) is 7.20. The molecule has 1 amide bonds. The van der Waals surface area contributed by atoms with Gasteiger partial charge >= 0.3 is 0 Å². The van der Waals surface area contributed by atoms with Gasteiger partial charge in [-0.1, -0.05) is 48.2 Å². The Kier molecular flexibility index (Phi) is 7.27. The third kappa shape index (κ3) is 5.38. The van der Waals surface area contributed by atoms with Gasteiger partial charge in [0.05, 0.1) is 29.6 Å². The molecule has 2 heterocycles. The van der Waals surface area contributed by atoms with Crippen molar-refractivity contribution < 1.29 is 17.9 Å². The molecule has 1 N–H and O–H groups in total. The number of thioether (sulfide) groups is 1. The van der Waals surface area contributed by atoms with Crippen LogP contribution in [0.3, 0.4) is 0 Å². The molecule has 0 spiro atoms. The number of carbonyl (C=O) groups is 1. The molecule has 4 rings (SSSR count). The summed E-state index contributed by atoms with van der Waals surface area (Å²) < 4.78 is 33.5. The number of sulfonamides is 1. The summed E-state index contributed by atoms with van der Waals surface area (Å²) in [7, 11) is -3.64. The number of hydrogen-bond acceptors (Lipinski definition) is 7. The van der Waals surface area contributed by atoms with Gasteiger partial charge in [-0.25, -0.2) is 13.4 Å². The van der Waals surface area contributed by atoms with Crippen LogP contribution in [0.4, 0.5) is 5.69 Å². The number of anilines is 1. The molecule has 0 bridgehead atoms. The Morgan fingerprint density at radius 3 is 2.69 bits per heavy atom. The zero-order valence-corrected chi connectivity index (χ0v) is 19.9. The van der Waals surface area contributed by atoms with E-state index in [4.69, 9.17) is 4.74 Å². The van der Waals surface area contributed by atoms with Gasteiger partial charge < -0.3 is 10.1 Å². The van der Waals surface area contributed by atoms with Crippen molar-refractivity contribution in [1.29, 1.82) is 0 Å². The average Bonchev–Trinajstić information content (AvgIpc) is 3.29. The van der Waals surface area contributed by atoms with Gasteiger partial charge in [0.25, 0.3) is 0 Å². The normalized spacial score (nSPS) is 14.9. The number of nitrogens with zero attached hydrogens (tertiary/aromatic N) is 2. The van der Waals surface area contributed by atoms with Gasteiger partial charge in [-0.2, -0.15) is 4.31 Å². The molecule has 0 unspecified atom stereocenters. The number of rotatable bonds is 7. The molecule has 0 atom stereocenters. The van der Waals surface area contributed by atoms with Gasteiger partial charge in [-0.05, 0) is 24.6 Å². The first-order valence-electron chi connectivity index (χ1n) is 10.1. The fourth-order valence-corrected chi connectivity index (χ4v) is 6.57. The summed E-state index contributed by atoms with van der Waals surface area (Å²) in [5.41, 5.74) is 3.01. The smallest absolute Gasteiger partial charge is 0.243 e. The minimum atomic E-state index is -3.64. The van der Waals surface area contributed by atoms with E-state index < -0.39 is 10.0 Å². The molecule has 10 heteroatoms. The molecular weight excluding hydrogens is 466 g/mol. The lowest BCUT2D eigenvalue weighted by Crippen LogP contribution is -2.40. The number of aryl methyl sites for hydroxylation is 1. The SMILES string of the molecule is Cc1ccc(NC(=O)CSc2nc(-c3ccccc3)cs2)cc1S(=O)(=O)N1CCOCC1. The molecule has 1 aliphatic rings. The van der Waals surface area contributed by atoms with E-state index >= 15 is 0 Å².